The number of anilines is 1. The lowest BCUT2D eigenvalue weighted by Crippen LogP contribution is -2.25. The van der Waals surface area contributed by atoms with Gasteiger partial charge in [0.05, 0.1) is 6.61 Å². The highest BCUT2D eigenvalue weighted by Crippen LogP contribution is 2.20. The van der Waals surface area contributed by atoms with Crippen LogP contribution < -0.4 is 10.2 Å². The van der Waals surface area contributed by atoms with Crippen molar-refractivity contribution in [1.82, 2.24) is 5.32 Å². The Kier molecular flexibility index (Phi) is 7.53. The second-order valence-electron chi connectivity index (χ2n) is 4.93. The first-order valence-corrected chi connectivity index (χ1v) is 7.28. The summed E-state index contributed by atoms with van der Waals surface area (Å²) in [6.45, 7) is 10.9. The van der Waals surface area contributed by atoms with Gasteiger partial charge in [-0.2, -0.15) is 0 Å². The Balaban J connectivity index is 2.68. The third-order valence-corrected chi connectivity index (χ3v) is 3.16. The number of nitrogens with one attached hydrogen (secondary N) is 1. The van der Waals surface area contributed by atoms with Crippen LogP contribution in [0, 0.1) is 6.92 Å². The summed E-state index contributed by atoms with van der Waals surface area (Å²) in [6, 6.07) is 6.66. The molecule has 0 atom stereocenters. The first-order chi connectivity index (χ1) is 9.19. The summed E-state index contributed by atoms with van der Waals surface area (Å²) in [7, 11) is 2.13. The van der Waals surface area contributed by atoms with Gasteiger partial charge in [0, 0.05) is 32.4 Å². The summed E-state index contributed by atoms with van der Waals surface area (Å²) in [6.07, 6.45) is 1.17. The van der Waals surface area contributed by atoms with Crippen LogP contribution in [0.4, 0.5) is 5.69 Å². The van der Waals surface area contributed by atoms with Crippen LogP contribution in [0.5, 0.6) is 0 Å². The van der Waals surface area contributed by atoms with E-state index in [9.17, 15) is 0 Å². The van der Waals surface area contributed by atoms with Gasteiger partial charge in [0.1, 0.15) is 0 Å². The average Bonchev–Trinajstić information content (AvgIpc) is 2.39. The molecule has 0 heterocycles. The van der Waals surface area contributed by atoms with Crippen LogP contribution in [0.3, 0.4) is 0 Å². The molecule has 1 aromatic rings. The molecule has 1 N–H and O–H groups in total. The minimum Gasteiger partial charge on any atom is -0.380 e. The molecule has 0 fully saturated rings. The highest BCUT2D eigenvalue weighted by atomic mass is 16.5. The number of hydrogen-bond donors (Lipinski definition) is 1. The molecule has 3 heteroatoms. The fourth-order valence-corrected chi connectivity index (χ4v) is 2.09. The molecule has 0 saturated heterocycles. The maximum atomic E-state index is 5.43. The zero-order chi connectivity index (χ0) is 14.1. The minimum absolute atomic E-state index is 0.780. The topological polar surface area (TPSA) is 24.5 Å². The summed E-state index contributed by atoms with van der Waals surface area (Å²) in [5.74, 6) is 0. The molecule has 0 bridgehead atoms. The lowest BCUT2D eigenvalue weighted by Gasteiger charge is -2.23. The Labute approximate surface area is 118 Å². The van der Waals surface area contributed by atoms with E-state index in [0.29, 0.717) is 0 Å². The Hall–Kier alpha value is -1.06. The van der Waals surface area contributed by atoms with E-state index in [1.54, 1.807) is 0 Å². The van der Waals surface area contributed by atoms with Crippen LogP contribution >= 0.6 is 0 Å². The number of hydrogen-bond acceptors (Lipinski definition) is 3. The quantitative estimate of drug-likeness (QED) is 0.694. The Morgan fingerprint density at radius 2 is 2.05 bits per heavy atom. The van der Waals surface area contributed by atoms with Crippen LogP contribution in [0.1, 0.15) is 31.4 Å². The zero-order valence-electron chi connectivity index (χ0n) is 12.8. The molecule has 0 aliphatic carbocycles. The number of benzene rings is 1. The Bertz CT molecular complexity index is 366. The molecule has 3 nitrogen and oxygen atoms in total. The summed E-state index contributed by atoms with van der Waals surface area (Å²) in [5.41, 5.74) is 3.98. The lowest BCUT2D eigenvalue weighted by molar-refractivity contribution is 0.154. The smallest absolute Gasteiger partial charge is 0.0641 e. The number of nitrogens with zero attached hydrogens (tertiary/aromatic N) is 1. The number of aryl methyl sites for hydroxylation is 1. The highest BCUT2D eigenvalue weighted by Gasteiger charge is 2.07. The van der Waals surface area contributed by atoms with Gasteiger partial charge in [-0.25, -0.2) is 0 Å². The maximum Gasteiger partial charge on any atom is 0.0641 e. The van der Waals surface area contributed by atoms with E-state index in [0.717, 1.165) is 32.8 Å². The van der Waals surface area contributed by atoms with Crippen LogP contribution in [0.2, 0.25) is 0 Å². The number of ether oxygens (including phenoxy) is 1. The minimum atomic E-state index is 0.780. The molecule has 0 aromatic heterocycles. The summed E-state index contributed by atoms with van der Waals surface area (Å²) >= 11 is 0. The molecule has 1 aromatic carbocycles. The predicted octanol–water partition coefficient (Wildman–Crippen LogP) is 2.97. The van der Waals surface area contributed by atoms with Crippen LogP contribution in [0.15, 0.2) is 18.2 Å². The molecule has 1 rings (SSSR count). The van der Waals surface area contributed by atoms with Crippen molar-refractivity contribution in [2.75, 3.05) is 38.3 Å². The zero-order valence-corrected chi connectivity index (χ0v) is 12.8. The molecule has 108 valence electrons. The van der Waals surface area contributed by atoms with E-state index < -0.39 is 0 Å². The fraction of sp³-hybridized carbons (Fsp3) is 0.625. The van der Waals surface area contributed by atoms with E-state index >= 15 is 0 Å². The predicted molar refractivity (Wildman–Crippen MR) is 82.9 cm³/mol. The Morgan fingerprint density at radius 3 is 2.74 bits per heavy atom. The van der Waals surface area contributed by atoms with Crippen LogP contribution in [-0.2, 0) is 11.3 Å². The standard InChI is InChI=1S/C16H28N2O/c1-5-9-17-13-15-12-14(3)7-8-16(15)18(4)10-11-19-6-2/h7-8,12,17H,5-6,9-11,13H2,1-4H3. The van der Waals surface area contributed by atoms with E-state index in [1.165, 1.54) is 23.2 Å². The average molecular weight is 264 g/mol. The van der Waals surface area contributed by atoms with Gasteiger partial charge in [-0.3, -0.25) is 0 Å². The van der Waals surface area contributed by atoms with Crippen molar-refractivity contribution in [2.24, 2.45) is 0 Å². The van der Waals surface area contributed by atoms with E-state index in [4.69, 9.17) is 4.74 Å². The Morgan fingerprint density at radius 1 is 1.26 bits per heavy atom. The molecule has 0 spiro atoms. The van der Waals surface area contributed by atoms with Gasteiger partial charge in [-0.05, 0) is 38.4 Å². The molecule has 0 amide bonds. The second-order valence-corrected chi connectivity index (χ2v) is 4.93. The molecule has 0 aliphatic rings. The first-order valence-electron chi connectivity index (χ1n) is 7.28. The van der Waals surface area contributed by atoms with Crippen molar-refractivity contribution in [3.8, 4) is 0 Å². The van der Waals surface area contributed by atoms with Crippen LogP contribution in [-0.4, -0.2) is 33.4 Å². The van der Waals surface area contributed by atoms with Gasteiger partial charge in [-0.1, -0.05) is 24.6 Å². The van der Waals surface area contributed by atoms with Gasteiger partial charge in [0.2, 0.25) is 0 Å². The van der Waals surface area contributed by atoms with E-state index in [-0.39, 0.29) is 0 Å². The van der Waals surface area contributed by atoms with Gasteiger partial charge >= 0.3 is 0 Å². The molecule has 0 radical (unpaired) electrons. The largest absolute Gasteiger partial charge is 0.380 e. The highest BCUT2D eigenvalue weighted by molar-refractivity contribution is 5.54. The SMILES string of the molecule is CCCNCc1cc(C)ccc1N(C)CCOCC. The van der Waals surface area contributed by atoms with Gasteiger partial charge < -0.3 is 15.0 Å². The van der Waals surface area contributed by atoms with Crippen molar-refractivity contribution in [2.45, 2.75) is 33.7 Å². The van der Waals surface area contributed by atoms with Gasteiger partial charge in [-0.15, -0.1) is 0 Å². The van der Waals surface area contributed by atoms with Crippen LogP contribution in [0.25, 0.3) is 0 Å². The molecule has 0 saturated carbocycles. The number of likely N-dealkylation sites (N-methyl/N-ethyl adjacent to an activating group) is 1. The summed E-state index contributed by atoms with van der Waals surface area (Å²) < 4.78 is 5.43. The second kappa shape index (κ2) is 8.94. The van der Waals surface area contributed by atoms with E-state index in [1.807, 2.05) is 6.92 Å². The third kappa shape index (κ3) is 5.62. The monoisotopic (exact) mass is 264 g/mol. The van der Waals surface area contributed by atoms with Gasteiger partial charge in [0.25, 0.3) is 0 Å². The molecule has 0 aliphatic heterocycles. The molecular weight excluding hydrogens is 236 g/mol. The fourth-order valence-electron chi connectivity index (χ4n) is 2.09. The van der Waals surface area contributed by atoms with E-state index in [2.05, 4.69) is 49.3 Å². The molecule has 19 heavy (non-hydrogen) atoms. The normalized spacial score (nSPS) is 10.7. The molecule has 0 unspecified atom stereocenters. The van der Waals surface area contributed by atoms with Crippen molar-refractivity contribution in [1.29, 1.82) is 0 Å². The van der Waals surface area contributed by atoms with Gasteiger partial charge in [0.15, 0.2) is 0 Å². The maximum absolute atomic E-state index is 5.43. The molecular formula is C16H28N2O. The van der Waals surface area contributed by atoms with Crippen molar-refractivity contribution >= 4 is 5.69 Å². The summed E-state index contributed by atoms with van der Waals surface area (Å²) in [5, 5.41) is 3.48. The van der Waals surface area contributed by atoms with Crippen molar-refractivity contribution < 1.29 is 4.74 Å². The van der Waals surface area contributed by atoms with Crippen molar-refractivity contribution in [3.63, 3.8) is 0 Å². The first kappa shape index (κ1) is 16.0. The number of rotatable bonds is 9. The summed E-state index contributed by atoms with van der Waals surface area (Å²) in [4.78, 5) is 2.28. The third-order valence-electron chi connectivity index (χ3n) is 3.16. The lowest BCUT2D eigenvalue weighted by atomic mass is 10.1. The van der Waals surface area contributed by atoms with Crippen molar-refractivity contribution in [3.05, 3.63) is 29.3 Å².